The van der Waals surface area contributed by atoms with Crippen LogP contribution in [0.1, 0.15) is 71.5 Å². The molecule has 1 aliphatic heterocycles. The minimum atomic E-state index is -0.218. The third kappa shape index (κ3) is 4.32. The number of benzene rings is 2. The van der Waals surface area contributed by atoms with Crippen molar-refractivity contribution in [3.63, 3.8) is 0 Å². The molecule has 1 atom stereocenters. The van der Waals surface area contributed by atoms with Gasteiger partial charge >= 0.3 is 0 Å². The van der Waals surface area contributed by atoms with Crippen molar-refractivity contribution in [2.45, 2.75) is 59.4 Å². The van der Waals surface area contributed by atoms with E-state index in [2.05, 4.69) is 92.8 Å². The predicted octanol–water partition coefficient (Wildman–Crippen LogP) is 5.89. The molecule has 0 saturated carbocycles. The molecule has 1 unspecified atom stereocenters. The normalized spacial score (nSPS) is 17.3. The Balaban J connectivity index is 1.48. The van der Waals surface area contributed by atoms with Crippen molar-refractivity contribution >= 4 is 17.8 Å². The number of carbonyl (C=O) groups excluding carboxylic acids is 1. The van der Waals surface area contributed by atoms with Crippen LogP contribution in [0.2, 0.25) is 0 Å². The number of hydrogen-bond donors (Lipinski definition) is 1. The molecule has 1 aromatic heterocycles. The Morgan fingerprint density at radius 3 is 2.33 bits per heavy atom. The molecule has 5 nitrogen and oxygen atoms in total. The van der Waals surface area contributed by atoms with Crippen LogP contribution < -0.4 is 10.3 Å². The van der Waals surface area contributed by atoms with E-state index >= 15 is 0 Å². The summed E-state index contributed by atoms with van der Waals surface area (Å²) >= 11 is 0. The summed E-state index contributed by atoms with van der Waals surface area (Å²) in [7, 11) is 2.17. The zero-order valence-electron chi connectivity index (χ0n) is 20.7. The summed E-state index contributed by atoms with van der Waals surface area (Å²) in [5.74, 6) is 0.254. The highest BCUT2D eigenvalue weighted by Crippen LogP contribution is 2.43. The second-order valence-corrected chi connectivity index (χ2v) is 9.94. The number of hydrogen-bond acceptors (Lipinski definition) is 3. The number of aryl methyl sites for hydroxylation is 3. The number of anilines is 1. The average molecular weight is 443 g/mol. The third-order valence-electron chi connectivity index (χ3n) is 7.05. The first-order chi connectivity index (χ1) is 15.6. The molecule has 0 radical (unpaired) electrons. The van der Waals surface area contributed by atoms with Crippen LogP contribution >= 0.6 is 0 Å². The fraction of sp³-hybridized carbons (Fsp3) is 0.357. The minimum absolute atomic E-state index is 0.136. The molecule has 0 bridgehead atoms. The van der Waals surface area contributed by atoms with Gasteiger partial charge in [-0.15, -0.1) is 0 Å². The van der Waals surface area contributed by atoms with Crippen molar-refractivity contribution in [1.29, 1.82) is 0 Å². The van der Waals surface area contributed by atoms with Crippen molar-refractivity contribution < 1.29 is 4.79 Å². The van der Waals surface area contributed by atoms with E-state index in [-0.39, 0.29) is 11.4 Å². The molecule has 0 aliphatic carbocycles. The Morgan fingerprint density at radius 2 is 1.70 bits per heavy atom. The Kier molecular flexibility index (Phi) is 5.91. The highest BCUT2D eigenvalue weighted by Gasteiger charge is 2.34. The number of nitrogens with zero attached hydrogens (tertiary/aromatic N) is 3. The lowest BCUT2D eigenvalue weighted by atomic mass is 9.79. The molecule has 3 aromatic rings. The molecular formula is C28H34N4O. The first-order valence-corrected chi connectivity index (χ1v) is 11.6. The predicted molar refractivity (Wildman–Crippen MR) is 137 cm³/mol. The summed E-state index contributed by atoms with van der Waals surface area (Å²) in [6.07, 6.45) is 2.85. The fourth-order valence-electron chi connectivity index (χ4n) is 4.94. The maximum atomic E-state index is 12.6. The van der Waals surface area contributed by atoms with E-state index in [0.717, 1.165) is 23.2 Å². The first-order valence-electron chi connectivity index (χ1n) is 11.6. The Labute approximate surface area is 197 Å². The van der Waals surface area contributed by atoms with Gasteiger partial charge in [0.2, 0.25) is 0 Å². The molecule has 2 heterocycles. The molecule has 172 valence electrons. The molecule has 1 amide bonds. The van der Waals surface area contributed by atoms with Gasteiger partial charge in [0.1, 0.15) is 0 Å². The van der Waals surface area contributed by atoms with Crippen LogP contribution in [0, 0.1) is 20.8 Å². The number of rotatable bonds is 4. The van der Waals surface area contributed by atoms with Gasteiger partial charge in [0, 0.05) is 40.9 Å². The maximum absolute atomic E-state index is 12.6. The van der Waals surface area contributed by atoms with Gasteiger partial charge < -0.3 is 9.47 Å². The second-order valence-electron chi connectivity index (χ2n) is 9.94. The molecule has 2 aromatic carbocycles. The summed E-state index contributed by atoms with van der Waals surface area (Å²) in [6.45, 7) is 13.1. The van der Waals surface area contributed by atoms with Crippen LogP contribution in [0.4, 0.5) is 5.69 Å². The van der Waals surface area contributed by atoms with Crippen LogP contribution in [0.5, 0.6) is 0 Å². The van der Waals surface area contributed by atoms with Gasteiger partial charge in [-0.1, -0.05) is 6.92 Å². The van der Waals surface area contributed by atoms with Crippen molar-refractivity contribution in [2.75, 3.05) is 11.9 Å². The van der Waals surface area contributed by atoms with Crippen molar-refractivity contribution in [3.8, 4) is 5.69 Å². The molecular weight excluding hydrogens is 408 g/mol. The maximum Gasteiger partial charge on any atom is 0.271 e. The summed E-state index contributed by atoms with van der Waals surface area (Å²) in [5.41, 5.74) is 11.6. The van der Waals surface area contributed by atoms with E-state index < -0.39 is 0 Å². The number of aromatic nitrogens is 1. The third-order valence-corrected chi connectivity index (χ3v) is 7.05. The largest absolute Gasteiger partial charge is 0.369 e. The van der Waals surface area contributed by atoms with Gasteiger partial charge in [-0.2, -0.15) is 5.10 Å². The number of nitrogens with one attached hydrogen (secondary N) is 1. The molecule has 4 rings (SSSR count). The molecule has 0 spiro atoms. The lowest BCUT2D eigenvalue weighted by molar-refractivity contribution is 0.0955. The molecule has 1 aliphatic rings. The second kappa shape index (κ2) is 8.54. The standard InChI is InChI=1S/C28H34N4O/c1-18-14-26-25(19(2)16-28(5,6)31(26)7)15-23(18)17-29-30-27(33)22-10-12-24(13-11-22)32-20(3)8-9-21(32)4/h8-15,17,19H,16H2,1-7H3,(H,30,33)/b29-17-. The highest BCUT2D eigenvalue weighted by atomic mass is 16.2. The minimum Gasteiger partial charge on any atom is -0.369 e. The smallest absolute Gasteiger partial charge is 0.271 e. The van der Waals surface area contributed by atoms with Crippen molar-refractivity contribution in [2.24, 2.45) is 5.10 Å². The van der Waals surface area contributed by atoms with E-state index in [4.69, 9.17) is 0 Å². The molecule has 0 fully saturated rings. The Bertz CT molecular complexity index is 1200. The average Bonchev–Trinajstić information content (AvgIpc) is 3.10. The molecule has 5 heteroatoms. The van der Waals surface area contributed by atoms with E-state index in [0.29, 0.717) is 11.5 Å². The van der Waals surface area contributed by atoms with E-state index in [1.165, 1.54) is 22.6 Å². The Hall–Kier alpha value is -3.34. The SMILES string of the molecule is Cc1cc2c(cc1/C=N\NC(=O)c1ccc(-n3c(C)ccc3C)cc1)C(C)CC(C)(C)N2C. The number of carbonyl (C=O) groups is 1. The Morgan fingerprint density at radius 1 is 1.06 bits per heavy atom. The van der Waals surface area contributed by atoms with E-state index in [1.54, 1.807) is 6.21 Å². The summed E-state index contributed by atoms with van der Waals surface area (Å²) in [5, 5.41) is 4.26. The van der Waals surface area contributed by atoms with Gasteiger partial charge in [0.05, 0.1) is 6.21 Å². The van der Waals surface area contributed by atoms with Crippen LogP contribution in [0.15, 0.2) is 53.6 Å². The van der Waals surface area contributed by atoms with E-state index in [1.807, 2.05) is 24.3 Å². The quantitative estimate of drug-likeness (QED) is 0.405. The lowest BCUT2D eigenvalue weighted by Crippen LogP contribution is -2.45. The summed E-state index contributed by atoms with van der Waals surface area (Å²) in [6, 6.07) is 16.2. The van der Waals surface area contributed by atoms with Crippen LogP contribution in [0.3, 0.4) is 0 Å². The molecule has 1 N–H and O–H groups in total. The van der Waals surface area contributed by atoms with Crippen molar-refractivity contribution in [1.82, 2.24) is 9.99 Å². The summed E-state index contributed by atoms with van der Waals surface area (Å²) < 4.78 is 2.16. The van der Waals surface area contributed by atoms with Crippen LogP contribution in [-0.2, 0) is 0 Å². The van der Waals surface area contributed by atoms with E-state index in [9.17, 15) is 4.79 Å². The topological polar surface area (TPSA) is 49.6 Å². The molecule has 0 saturated heterocycles. The highest BCUT2D eigenvalue weighted by molar-refractivity contribution is 5.95. The lowest BCUT2D eigenvalue weighted by Gasteiger charge is -2.45. The first kappa shape index (κ1) is 22.8. The van der Waals surface area contributed by atoms with Gasteiger partial charge in [-0.25, -0.2) is 5.43 Å². The van der Waals surface area contributed by atoms with Gasteiger partial charge in [-0.05, 0) is 112 Å². The number of fused-ring (bicyclic) bond motifs is 1. The zero-order valence-corrected chi connectivity index (χ0v) is 20.7. The van der Waals surface area contributed by atoms with Crippen LogP contribution in [-0.4, -0.2) is 29.3 Å². The fourth-order valence-corrected chi connectivity index (χ4v) is 4.94. The number of hydrazone groups is 1. The van der Waals surface area contributed by atoms with Gasteiger partial charge in [-0.3, -0.25) is 4.79 Å². The monoisotopic (exact) mass is 442 g/mol. The van der Waals surface area contributed by atoms with Crippen LogP contribution in [0.25, 0.3) is 5.69 Å². The van der Waals surface area contributed by atoms with Crippen molar-refractivity contribution in [3.05, 3.63) is 82.2 Å². The van der Waals surface area contributed by atoms with Gasteiger partial charge in [0.15, 0.2) is 0 Å². The summed E-state index contributed by atoms with van der Waals surface area (Å²) in [4.78, 5) is 15.0. The molecule has 33 heavy (non-hydrogen) atoms. The van der Waals surface area contributed by atoms with Gasteiger partial charge in [0.25, 0.3) is 5.91 Å². The number of amides is 1. The zero-order chi connectivity index (χ0) is 23.9.